The number of halogens is 1. The van der Waals surface area contributed by atoms with Gasteiger partial charge in [-0.15, -0.1) is 0 Å². The molecular formula is C25H19FN6O3. The normalized spacial score (nSPS) is 11.0. The standard InChI is InChI=1S/C25H19FN6O3/c1-16-13-23(28-24(33)18-9-11-19(26)12-10-18)31(29-16)25-27-21-7-2-3-8-22(21)30(25)15-17-5-4-6-20(14-17)32(34)35/h2-14H,15H2,1H3,(H,28,33). The summed E-state index contributed by atoms with van der Waals surface area (Å²) in [7, 11) is 0. The van der Waals surface area contributed by atoms with Crippen LogP contribution in [0, 0.1) is 22.9 Å². The highest BCUT2D eigenvalue weighted by Gasteiger charge is 2.19. The molecule has 0 unspecified atom stereocenters. The first-order valence-electron chi connectivity index (χ1n) is 10.7. The fourth-order valence-electron chi connectivity index (χ4n) is 3.86. The van der Waals surface area contributed by atoms with Crippen LogP contribution in [-0.2, 0) is 6.54 Å². The number of non-ortho nitro benzene ring substituents is 1. The maximum absolute atomic E-state index is 13.3. The third kappa shape index (κ3) is 4.36. The number of anilines is 1. The van der Waals surface area contributed by atoms with Gasteiger partial charge in [0.25, 0.3) is 11.6 Å². The first-order valence-corrected chi connectivity index (χ1v) is 10.7. The van der Waals surface area contributed by atoms with E-state index in [-0.39, 0.29) is 5.69 Å². The molecule has 0 aliphatic heterocycles. The highest BCUT2D eigenvalue weighted by molar-refractivity contribution is 6.04. The molecule has 174 valence electrons. The Hall–Kier alpha value is -4.86. The molecule has 0 radical (unpaired) electrons. The average molecular weight is 470 g/mol. The number of amides is 1. The van der Waals surface area contributed by atoms with Crippen molar-refractivity contribution in [3.63, 3.8) is 0 Å². The summed E-state index contributed by atoms with van der Waals surface area (Å²) in [5.41, 5.74) is 3.16. The van der Waals surface area contributed by atoms with E-state index >= 15 is 0 Å². The van der Waals surface area contributed by atoms with Crippen LogP contribution in [0.4, 0.5) is 15.9 Å². The molecule has 0 aliphatic rings. The molecule has 2 heterocycles. The number of imidazole rings is 1. The highest BCUT2D eigenvalue weighted by atomic mass is 19.1. The van der Waals surface area contributed by atoms with E-state index in [0.29, 0.717) is 40.6 Å². The molecule has 0 spiro atoms. The van der Waals surface area contributed by atoms with Gasteiger partial charge in [0.05, 0.1) is 28.2 Å². The number of nitrogens with zero attached hydrogens (tertiary/aromatic N) is 5. The molecule has 0 saturated heterocycles. The zero-order valence-corrected chi connectivity index (χ0v) is 18.6. The van der Waals surface area contributed by atoms with Crippen molar-refractivity contribution in [3.05, 3.63) is 112 Å². The van der Waals surface area contributed by atoms with Crippen LogP contribution >= 0.6 is 0 Å². The second-order valence-corrected chi connectivity index (χ2v) is 7.96. The molecule has 35 heavy (non-hydrogen) atoms. The Bertz CT molecular complexity index is 1570. The van der Waals surface area contributed by atoms with Crippen LogP contribution in [0.1, 0.15) is 21.6 Å². The van der Waals surface area contributed by atoms with Crippen LogP contribution in [0.15, 0.2) is 78.9 Å². The average Bonchev–Trinajstić information content (AvgIpc) is 3.39. The molecule has 9 nitrogen and oxygen atoms in total. The van der Waals surface area contributed by atoms with E-state index in [0.717, 1.165) is 5.52 Å². The minimum Gasteiger partial charge on any atom is -0.306 e. The van der Waals surface area contributed by atoms with Crippen LogP contribution in [-0.4, -0.2) is 30.2 Å². The lowest BCUT2D eigenvalue weighted by atomic mass is 10.2. The fraction of sp³-hybridized carbons (Fsp3) is 0.0800. The maximum Gasteiger partial charge on any atom is 0.269 e. The van der Waals surface area contributed by atoms with E-state index in [1.165, 1.54) is 41.1 Å². The van der Waals surface area contributed by atoms with Gasteiger partial charge in [0, 0.05) is 23.8 Å². The van der Waals surface area contributed by atoms with Crippen molar-refractivity contribution in [3.8, 4) is 5.95 Å². The van der Waals surface area contributed by atoms with Crippen molar-refractivity contribution in [2.75, 3.05) is 5.32 Å². The van der Waals surface area contributed by atoms with Gasteiger partial charge < -0.3 is 9.88 Å². The van der Waals surface area contributed by atoms with Crippen LogP contribution < -0.4 is 5.32 Å². The predicted octanol–water partition coefficient (Wildman–Crippen LogP) is 4.88. The van der Waals surface area contributed by atoms with E-state index in [4.69, 9.17) is 4.98 Å². The SMILES string of the molecule is Cc1cc(NC(=O)c2ccc(F)cc2)n(-c2nc3ccccc3n2Cc2cccc([N+](=O)[O-])c2)n1. The van der Waals surface area contributed by atoms with Gasteiger partial charge in [-0.3, -0.25) is 14.9 Å². The summed E-state index contributed by atoms with van der Waals surface area (Å²) in [6.07, 6.45) is 0. The smallest absolute Gasteiger partial charge is 0.269 e. The second-order valence-electron chi connectivity index (χ2n) is 7.96. The first-order chi connectivity index (χ1) is 16.9. The zero-order chi connectivity index (χ0) is 24.5. The lowest BCUT2D eigenvalue weighted by molar-refractivity contribution is -0.384. The van der Waals surface area contributed by atoms with E-state index in [1.54, 1.807) is 25.1 Å². The van der Waals surface area contributed by atoms with Gasteiger partial charge in [-0.05, 0) is 48.9 Å². The summed E-state index contributed by atoms with van der Waals surface area (Å²) >= 11 is 0. The third-order valence-electron chi connectivity index (χ3n) is 5.47. The number of carbonyl (C=O) groups excluding carboxylic acids is 1. The number of para-hydroxylation sites is 2. The second kappa shape index (κ2) is 8.82. The molecule has 0 aliphatic carbocycles. The summed E-state index contributed by atoms with van der Waals surface area (Å²) in [6, 6.07) is 20.8. The summed E-state index contributed by atoms with van der Waals surface area (Å²) in [4.78, 5) is 28.4. The van der Waals surface area contributed by atoms with Crippen LogP contribution in [0.25, 0.3) is 17.0 Å². The van der Waals surface area contributed by atoms with Crippen molar-refractivity contribution in [2.24, 2.45) is 0 Å². The minimum atomic E-state index is -0.434. The monoisotopic (exact) mass is 470 g/mol. The summed E-state index contributed by atoms with van der Waals surface area (Å²) in [6.45, 7) is 2.08. The van der Waals surface area contributed by atoms with Crippen LogP contribution in [0.3, 0.4) is 0 Å². The van der Waals surface area contributed by atoms with Gasteiger partial charge in [-0.1, -0.05) is 24.3 Å². The molecule has 0 bridgehead atoms. The summed E-state index contributed by atoms with van der Waals surface area (Å²) < 4.78 is 16.7. The lowest BCUT2D eigenvalue weighted by Crippen LogP contribution is -2.17. The largest absolute Gasteiger partial charge is 0.306 e. The number of aryl methyl sites for hydroxylation is 1. The van der Waals surface area contributed by atoms with E-state index in [1.807, 2.05) is 28.8 Å². The molecule has 1 amide bonds. The molecule has 0 saturated carbocycles. The summed E-state index contributed by atoms with van der Waals surface area (Å²) in [5.74, 6) is -0.0440. The lowest BCUT2D eigenvalue weighted by Gasteiger charge is -2.12. The highest BCUT2D eigenvalue weighted by Crippen LogP contribution is 2.25. The van der Waals surface area contributed by atoms with Gasteiger partial charge in [0.1, 0.15) is 11.6 Å². The molecular weight excluding hydrogens is 451 g/mol. The molecule has 3 aromatic carbocycles. The molecule has 5 rings (SSSR count). The van der Waals surface area contributed by atoms with Crippen LogP contribution in [0.2, 0.25) is 0 Å². The van der Waals surface area contributed by atoms with Gasteiger partial charge >= 0.3 is 0 Å². The Morgan fingerprint density at radius 2 is 1.83 bits per heavy atom. The number of hydrogen-bond acceptors (Lipinski definition) is 5. The summed E-state index contributed by atoms with van der Waals surface area (Å²) in [5, 5.41) is 18.6. The van der Waals surface area contributed by atoms with Gasteiger partial charge in [-0.25, -0.2) is 9.37 Å². The molecule has 0 atom stereocenters. The Balaban J connectivity index is 1.58. The number of nitrogens with one attached hydrogen (secondary N) is 1. The van der Waals surface area contributed by atoms with Gasteiger partial charge in [-0.2, -0.15) is 9.78 Å². The van der Waals surface area contributed by atoms with Gasteiger partial charge in [0.15, 0.2) is 0 Å². The number of benzene rings is 3. The molecule has 5 aromatic rings. The van der Waals surface area contributed by atoms with E-state index in [2.05, 4.69) is 10.4 Å². The van der Waals surface area contributed by atoms with Crippen molar-refractivity contribution < 1.29 is 14.1 Å². The Kier molecular flexibility index (Phi) is 5.54. The first kappa shape index (κ1) is 22.0. The molecule has 2 aromatic heterocycles. The Morgan fingerprint density at radius 3 is 2.60 bits per heavy atom. The molecule has 1 N–H and O–H groups in total. The van der Waals surface area contributed by atoms with Gasteiger partial charge in [0.2, 0.25) is 5.95 Å². The minimum absolute atomic E-state index is 0.00402. The Labute approximate surface area is 198 Å². The third-order valence-corrected chi connectivity index (χ3v) is 5.47. The molecule has 0 fully saturated rings. The van der Waals surface area contributed by atoms with E-state index < -0.39 is 16.6 Å². The predicted molar refractivity (Wildman–Crippen MR) is 128 cm³/mol. The number of nitro groups is 1. The quantitative estimate of drug-likeness (QED) is 0.281. The number of rotatable bonds is 6. The Morgan fingerprint density at radius 1 is 1.06 bits per heavy atom. The van der Waals surface area contributed by atoms with Crippen LogP contribution in [0.5, 0.6) is 0 Å². The van der Waals surface area contributed by atoms with Crippen molar-refractivity contribution in [2.45, 2.75) is 13.5 Å². The van der Waals surface area contributed by atoms with Crippen molar-refractivity contribution >= 4 is 28.4 Å². The fourth-order valence-corrected chi connectivity index (χ4v) is 3.86. The zero-order valence-electron chi connectivity index (χ0n) is 18.6. The topological polar surface area (TPSA) is 108 Å². The van der Waals surface area contributed by atoms with E-state index in [9.17, 15) is 19.3 Å². The van der Waals surface area contributed by atoms with Crippen molar-refractivity contribution in [1.82, 2.24) is 19.3 Å². The number of hydrogen-bond donors (Lipinski definition) is 1. The number of carbonyl (C=O) groups is 1. The number of aromatic nitrogens is 4. The number of nitro benzene ring substituents is 1. The maximum atomic E-state index is 13.3. The number of fused-ring (bicyclic) bond motifs is 1. The molecule has 10 heteroatoms. The van der Waals surface area contributed by atoms with Crippen molar-refractivity contribution in [1.29, 1.82) is 0 Å².